The molecule has 1 aromatic rings. The smallest absolute Gasteiger partial charge is 0.302 e. The first-order valence-corrected chi connectivity index (χ1v) is 10.6. The summed E-state index contributed by atoms with van der Waals surface area (Å²) in [6.07, 6.45) is 9.65. The van der Waals surface area contributed by atoms with Crippen LogP contribution < -0.4 is 4.74 Å². The number of benzene rings is 1. The van der Waals surface area contributed by atoms with Gasteiger partial charge in [-0.15, -0.1) is 0 Å². The van der Waals surface area contributed by atoms with Crippen LogP contribution in [0.25, 0.3) is 0 Å². The second-order valence-electron chi connectivity index (χ2n) is 9.69. The van der Waals surface area contributed by atoms with Gasteiger partial charge >= 0.3 is 5.97 Å². The summed E-state index contributed by atoms with van der Waals surface area (Å²) >= 11 is 0. The largest absolute Gasteiger partial charge is 0.497 e. The van der Waals surface area contributed by atoms with E-state index in [4.69, 9.17) is 14.2 Å². The Kier molecular flexibility index (Phi) is 3.09. The molecule has 3 saturated carbocycles. The van der Waals surface area contributed by atoms with Crippen LogP contribution in [0, 0.1) is 10.8 Å². The van der Waals surface area contributed by atoms with E-state index < -0.39 is 0 Å². The predicted molar refractivity (Wildman–Crippen MR) is 99.6 cm³/mol. The molecule has 0 N–H and O–H groups in total. The maximum absolute atomic E-state index is 11.9. The highest BCUT2D eigenvalue weighted by Gasteiger charge is 2.87. The van der Waals surface area contributed by atoms with Crippen molar-refractivity contribution in [2.24, 2.45) is 10.8 Å². The average Bonchev–Trinajstić information content (AvgIpc) is 3.09. The minimum absolute atomic E-state index is 0.0203. The molecule has 0 amide bonds. The van der Waals surface area contributed by atoms with Crippen LogP contribution in [-0.4, -0.2) is 24.8 Å². The molecular weight excluding hydrogens is 340 g/mol. The number of hydrogen-bond acceptors (Lipinski definition) is 4. The first kappa shape index (κ1) is 16.4. The van der Waals surface area contributed by atoms with Crippen molar-refractivity contribution in [2.45, 2.75) is 82.0 Å². The number of hydrogen-bond donors (Lipinski definition) is 0. The fourth-order valence-electron chi connectivity index (χ4n) is 7.73. The minimum Gasteiger partial charge on any atom is -0.497 e. The average molecular weight is 368 g/mol. The Labute approximate surface area is 160 Å². The van der Waals surface area contributed by atoms with Crippen LogP contribution in [0.5, 0.6) is 5.75 Å². The Morgan fingerprint density at radius 3 is 2.70 bits per heavy atom. The fraction of sp³-hybridized carbons (Fsp3) is 0.696. The first-order chi connectivity index (χ1) is 13.0. The fourth-order valence-corrected chi connectivity index (χ4v) is 7.73. The molecule has 7 rings (SSSR count). The molecule has 4 aliphatic carbocycles. The van der Waals surface area contributed by atoms with Crippen LogP contribution in [-0.2, 0) is 14.3 Å². The van der Waals surface area contributed by atoms with Crippen LogP contribution in [0.15, 0.2) is 18.2 Å². The molecular formula is C23H28O4. The zero-order chi connectivity index (χ0) is 18.4. The molecule has 3 spiro atoms. The first-order valence-electron chi connectivity index (χ1n) is 10.6. The molecule has 0 radical (unpaired) electrons. The van der Waals surface area contributed by atoms with Gasteiger partial charge in [-0.25, -0.2) is 0 Å². The van der Waals surface area contributed by atoms with E-state index in [2.05, 4.69) is 18.2 Å². The van der Waals surface area contributed by atoms with Gasteiger partial charge in [0.2, 0.25) is 0 Å². The zero-order valence-corrected chi connectivity index (χ0v) is 16.3. The van der Waals surface area contributed by atoms with Crippen molar-refractivity contribution in [3.63, 3.8) is 0 Å². The van der Waals surface area contributed by atoms with Crippen molar-refractivity contribution in [2.75, 3.05) is 7.11 Å². The number of carbonyl (C=O) groups is 1. The number of ether oxygens (including phenoxy) is 3. The van der Waals surface area contributed by atoms with Gasteiger partial charge in [-0.2, -0.15) is 0 Å². The molecule has 4 heteroatoms. The van der Waals surface area contributed by atoms with Crippen molar-refractivity contribution in [1.29, 1.82) is 0 Å². The summed E-state index contributed by atoms with van der Waals surface area (Å²) in [4.78, 5) is 11.9. The van der Waals surface area contributed by atoms with Gasteiger partial charge in [0.15, 0.2) is 0 Å². The van der Waals surface area contributed by atoms with Crippen LogP contribution in [0.3, 0.4) is 0 Å². The van der Waals surface area contributed by atoms with Crippen LogP contribution in [0.4, 0.5) is 0 Å². The molecule has 2 heterocycles. The minimum atomic E-state index is -0.136. The van der Waals surface area contributed by atoms with Crippen molar-refractivity contribution in [3.8, 4) is 5.75 Å². The lowest BCUT2D eigenvalue weighted by Crippen LogP contribution is -2.48. The summed E-state index contributed by atoms with van der Waals surface area (Å²) in [7, 11) is 1.72. The predicted octanol–water partition coefficient (Wildman–Crippen LogP) is 4.67. The summed E-state index contributed by atoms with van der Waals surface area (Å²) in [5.74, 6) is 1.25. The van der Waals surface area contributed by atoms with E-state index in [-0.39, 0.29) is 34.6 Å². The van der Waals surface area contributed by atoms with Crippen molar-refractivity contribution in [3.05, 3.63) is 29.3 Å². The number of methoxy groups -OCH3 is 1. The monoisotopic (exact) mass is 368 g/mol. The number of esters is 1. The Bertz CT molecular complexity index is 826. The quantitative estimate of drug-likeness (QED) is 0.712. The van der Waals surface area contributed by atoms with Crippen molar-refractivity contribution in [1.82, 2.24) is 0 Å². The molecule has 27 heavy (non-hydrogen) atoms. The Balaban J connectivity index is 1.42. The summed E-state index contributed by atoms with van der Waals surface area (Å²) in [6.45, 7) is 1.56. The second-order valence-corrected chi connectivity index (χ2v) is 9.69. The molecule has 2 aliphatic heterocycles. The van der Waals surface area contributed by atoms with Gasteiger partial charge in [0.05, 0.1) is 18.8 Å². The number of rotatable bonds is 2. The third-order valence-electron chi connectivity index (χ3n) is 8.63. The summed E-state index contributed by atoms with van der Waals surface area (Å²) in [5, 5.41) is 0. The highest BCUT2D eigenvalue weighted by Crippen LogP contribution is 2.88. The van der Waals surface area contributed by atoms with Crippen molar-refractivity contribution < 1.29 is 19.0 Å². The zero-order valence-electron chi connectivity index (χ0n) is 16.3. The molecule has 4 nitrogen and oxygen atoms in total. The topological polar surface area (TPSA) is 44.8 Å². The van der Waals surface area contributed by atoms with Gasteiger partial charge in [-0.3, -0.25) is 4.79 Å². The van der Waals surface area contributed by atoms with E-state index in [0.717, 1.165) is 18.6 Å². The lowest BCUT2D eigenvalue weighted by molar-refractivity contribution is -0.169. The maximum Gasteiger partial charge on any atom is 0.302 e. The summed E-state index contributed by atoms with van der Waals surface area (Å²) < 4.78 is 18.2. The highest BCUT2D eigenvalue weighted by atomic mass is 16.6. The van der Waals surface area contributed by atoms with Crippen LogP contribution in [0.2, 0.25) is 0 Å². The molecule has 6 aliphatic rings. The van der Waals surface area contributed by atoms with Gasteiger partial charge in [0, 0.05) is 30.1 Å². The molecule has 5 atom stereocenters. The Morgan fingerprint density at radius 2 is 1.96 bits per heavy atom. The summed E-state index contributed by atoms with van der Waals surface area (Å²) in [5.41, 5.74) is 3.14. The van der Waals surface area contributed by atoms with Gasteiger partial charge in [-0.1, -0.05) is 25.3 Å². The lowest BCUT2D eigenvalue weighted by Gasteiger charge is -2.48. The number of carbonyl (C=O) groups excluding carboxylic acids is 1. The Morgan fingerprint density at radius 1 is 1.15 bits per heavy atom. The molecule has 1 unspecified atom stereocenters. The van der Waals surface area contributed by atoms with Gasteiger partial charge in [-0.05, 0) is 48.9 Å². The van der Waals surface area contributed by atoms with Crippen molar-refractivity contribution >= 4 is 5.97 Å². The normalized spacial score (nSPS) is 42.2. The van der Waals surface area contributed by atoms with E-state index in [9.17, 15) is 4.79 Å². The SMILES string of the molecule is COc1ccc2c(c1)[C@@H]1C[C@@]34CC5(CCCCC5)C(OC(C)=O)C[C@]3(O1)[C@@H]24. The highest BCUT2D eigenvalue weighted by molar-refractivity contribution is 5.66. The standard InChI is InChI=1S/C23H28O4/c1-14(24)26-19-12-23-20-16-7-6-15(25-2)10-17(16)18(27-23)11-22(20,23)13-21(19)8-4-3-5-9-21/h6-7,10,18-20H,3-5,8-9,11-13H2,1-2H3/t18-,19?,20-,22-,23-/m0/s1. The van der Waals surface area contributed by atoms with Crippen LogP contribution >= 0.6 is 0 Å². The molecule has 4 fully saturated rings. The lowest BCUT2D eigenvalue weighted by atomic mass is 9.59. The maximum atomic E-state index is 11.9. The van der Waals surface area contributed by atoms with Gasteiger partial charge in [0.1, 0.15) is 11.9 Å². The molecule has 1 aromatic carbocycles. The molecule has 0 aromatic heterocycles. The Hall–Kier alpha value is -1.55. The third kappa shape index (κ3) is 1.86. The third-order valence-corrected chi connectivity index (χ3v) is 8.63. The van der Waals surface area contributed by atoms with E-state index in [1.807, 2.05) is 0 Å². The van der Waals surface area contributed by atoms with Gasteiger partial charge in [0.25, 0.3) is 0 Å². The van der Waals surface area contributed by atoms with E-state index in [0.29, 0.717) is 5.92 Å². The van der Waals surface area contributed by atoms with E-state index >= 15 is 0 Å². The van der Waals surface area contributed by atoms with E-state index in [1.165, 1.54) is 49.7 Å². The summed E-state index contributed by atoms with van der Waals surface area (Å²) in [6, 6.07) is 6.53. The molecule has 1 saturated heterocycles. The van der Waals surface area contributed by atoms with Gasteiger partial charge < -0.3 is 14.2 Å². The molecule has 144 valence electrons. The van der Waals surface area contributed by atoms with Crippen LogP contribution in [0.1, 0.15) is 81.4 Å². The van der Waals surface area contributed by atoms with E-state index in [1.54, 1.807) is 14.0 Å². The molecule has 4 bridgehead atoms. The second kappa shape index (κ2) is 5.08.